The topological polar surface area (TPSA) is 65.2 Å². The van der Waals surface area contributed by atoms with Crippen LogP contribution in [0.5, 0.6) is 0 Å². The van der Waals surface area contributed by atoms with Crippen LogP contribution < -0.4 is 0 Å². The maximum atomic E-state index is 9.40. The van der Waals surface area contributed by atoms with Crippen molar-refractivity contribution < 1.29 is 10.4 Å². The highest BCUT2D eigenvalue weighted by molar-refractivity contribution is 5.96. The second-order valence-electron chi connectivity index (χ2n) is 8.64. The van der Waals surface area contributed by atoms with Gasteiger partial charge in [0.25, 0.3) is 0 Å². The fourth-order valence-corrected chi connectivity index (χ4v) is 6.60. The van der Waals surface area contributed by atoms with Gasteiger partial charge in [0.1, 0.15) is 0 Å². The van der Waals surface area contributed by atoms with E-state index < -0.39 is 0 Å². The monoisotopic (exact) mass is 316 g/mol. The van der Waals surface area contributed by atoms with Crippen LogP contribution in [0.4, 0.5) is 0 Å². The Labute approximate surface area is 138 Å². The third kappa shape index (κ3) is 1.96. The van der Waals surface area contributed by atoms with Crippen molar-refractivity contribution in [3.05, 3.63) is 11.6 Å². The number of hydrogen-bond donors (Lipinski definition) is 2. The Morgan fingerprint density at radius 1 is 0.913 bits per heavy atom. The lowest BCUT2D eigenvalue weighted by Crippen LogP contribution is -2.50. The molecule has 5 atom stereocenters. The van der Waals surface area contributed by atoms with Gasteiger partial charge in [-0.3, -0.25) is 0 Å². The summed E-state index contributed by atoms with van der Waals surface area (Å²) in [7, 11) is 0. The van der Waals surface area contributed by atoms with Crippen molar-refractivity contribution in [3.8, 4) is 0 Å². The van der Waals surface area contributed by atoms with Crippen LogP contribution in [0.15, 0.2) is 22.0 Å². The van der Waals surface area contributed by atoms with Crippen LogP contribution in [0.25, 0.3) is 0 Å². The Balaban J connectivity index is 1.68. The molecule has 126 valence electrons. The van der Waals surface area contributed by atoms with Crippen LogP contribution in [-0.4, -0.2) is 21.8 Å². The number of oxime groups is 2. The Hall–Kier alpha value is -1.32. The zero-order valence-corrected chi connectivity index (χ0v) is 14.3. The predicted molar refractivity (Wildman–Crippen MR) is 90.1 cm³/mol. The summed E-state index contributed by atoms with van der Waals surface area (Å²) in [6.45, 7) is 4.78. The van der Waals surface area contributed by atoms with E-state index in [-0.39, 0.29) is 10.8 Å². The van der Waals surface area contributed by atoms with Gasteiger partial charge in [-0.25, -0.2) is 0 Å². The van der Waals surface area contributed by atoms with Gasteiger partial charge in [-0.2, -0.15) is 0 Å². The molecule has 0 amide bonds. The van der Waals surface area contributed by atoms with Crippen molar-refractivity contribution in [2.75, 3.05) is 0 Å². The van der Waals surface area contributed by atoms with E-state index in [0.29, 0.717) is 5.92 Å². The van der Waals surface area contributed by atoms with Gasteiger partial charge in [0, 0.05) is 5.41 Å². The van der Waals surface area contributed by atoms with E-state index in [0.717, 1.165) is 55.4 Å². The average molecular weight is 316 g/mol. The Morgan fingerprint density at radius 3 is 2.43 bits per heavy atom. The summed E-state index contributed by atoms with van der Waals surface area (Å²) in [6.07, 6.45) is 11.1. The number of allylic oxidation sites excluding steroid dienone is 2. The van der Waals surface area contributed by atoms with Gasteiger partial charge < -0.3 is 10.4 Å². The van der Waals surface area contributed by atoms with Gasteiger partial charge in [-0.05, 0) is 80.6 Å². The lowest BCUT2D eigenvalue weighted by atomic mass is 9.47. The highest BCUT2D eigenvalue weighted by Gasteiger charge is 2.58. The number of fused-ring (bicyclic) bond motifs is 5. The SMILES string of the molecule is C[C@]12CC/C(=N/O)C=C1CC[C@@H]1[C@@H]2CC[C@]2(C)/C(=N/O)CC[C@@H]12. The van der Waals surface area contributed by atoms with Crippen molar-refractivity contribution in [1.82, 2.24) is 0 Å². The second kappa shape index (κ2) is 5.09. The fourth-order valence-electron chi connectivity index (χ4n) is 6.60. The van der Waals surface area contributed by atoms with Gasteiger partial charge in [-0.1, -0.05) is 29.7 Å². The highest BCUT2D eigenvalue weighted by Crippen LogP contribution is 2.64. The van der Waals surface area contributed by atoms with E-state index in [1.807, 2.05) is 0 Å². The first-order valence-electron chi connectivity index (χ1n) is 9.16. The smallest absolute Gasteiger partial charge is 0.0795 e. The summed E-state index contributed by atoms with van der Waals surface area (Å²) < 4.78 is 0. The van der Waals surface area contributed by atoms with Crippen LogP contribution in [-0.2, 0) is 0 Å². The van der Waals surface area contributed by atoms with E-state index >= 15 is 0 Å². The summed E-state index contributed by atoms with van der Waals surface area (Å²) >= 11 is 0. The molecule has 0 radical (unpaired) electrons. The lowest BCUT2D eigenvalue weighted by molar-refractivity contribution is -0.0160. The molecule has 23 heavy (non-hydrogen) atoms. The molecule has 3 saturated carbocycles. The molecule has 0 unspecified atom stereocenters. The molecule has 4 aliphatic rings. The number of rotatable bonds is 0. The van der Waals surface area contributed by atoms with Crippen LogP contribution in [0.2, 0.25) is 0 Å². The maximum Gasteiger partial charge on any atom is 0.0795 e. The predicted octanol–water partition coefficient (Wildman–Crippen LogP) is 4.61. The zero-order chi connectivity index (χ0) is 16.2. The van der Waals surface area contributed by atoms with Gasteiger partial charge in [-0.15, -0.1) is 0 Å². The first-order chi connectivity index (χ1) is 11.0. The van der Waals surface area contributed by atoms with Crippen molar-refractivity contribution >= 4 is 11.4 Å². The van der Waals surface area contributed by atoms with Gasteiger partial charge in [0.05, 0.1) is 11.4 Å². The molecule has 0 spiro atoms. The zero-order valence-electron chi connectivity index (χ0n) is 14.3. The molecule has 0 saturated heterocycles. The molecule has 0 aromatic heterocycles. The van der Waals surface area contributed by atoms with Gasteiger partial charge in [0.2, 0.25) is 0 Å². The maximum absolute atomic E-state index is 9.40. The van der Waals surface area contributed by atoms with Crippen LogP contribution >= 0.6 is 0 Å². The Kier molecular flexibility index (Phi) is 3.37. The molecule has 4 heteroatoms. The van der Waals surface area contributed by atoms with Crippen LogP contribution in [0, 0.1) is 28.6 Å². The molecule has 0 heterocycles. The molecular weight excluding hydrogens is 288 g/mol. The van der Waals surface area contributed by atoms with E-state index in [9.17, 15) is 5.21 Å². The number of hydrogen-bond acceptors (Lipinski definition) is 4. The van der Waals surface area contributed by atoms with Crippen LogP contribution in [0.1, 0.15) is 65.2 Å². The van der Waals surface area contributed by atoms with E-state index in [4.69, 9.17) is 5.21 Å². The summed E-state index contributed by atoms with van der Waals surface area (Å²) in [6, 6.07) is 0. The molecule has 4 nitrogen and oxygen atoms in total. The highest BCUT2D eigenvalue weighted by atomic mass is 16.4. The third-order valence-corrected chi connectivity index (χ3v) is 7.97. The minimum atomic E-state index is 0.125. The molecule has 3 fully saturated rings. The first kappa shape index (κ1) is 15.2. The molecule has 0 aliphatic heterocycles. The summed E-state index contributed by atoms with van der Waals surface area (Å²) in [5.41, 5.74) is 3.81. The first-order valence-corrected chi connectivity index (χ1v) is 9.16. The standard InChI is InChI=1S/C19H28N2O2/c1-18-9-7-13(20-22)11-12(18)3-4-14-15-5-6-17(21-23)19(15,2)10-8-16(14)18/h11,14-16,22-23H,3-10H2,1-2H3/b20-13-,21-17+/t14-,15-,16-,18-,19-/m0/s1. The summed E-state index contributed by atoms with van der Waals surface area (Å²) in [5, 5.41) is 25.6. The van der Waals surface area contributed by atoms with E-state index in [2.05, 4.69) is 30.2 Å². The molecular formula is C19H28N2O2. The molecule has 0 bridgehead atoms. The molecule has 4 rings (SSSR count). The molecule has 0 aromatic carbocycles. The van der Waals surface area contributed by atoms with Crippen molar-refractivity contribution in [3.63, 3.8) is 0 Å². The van der Waals surface area contributed by atoms with Crippen LogP contribution in [0.3, 0.4) is 0 Å². The summed E-state index contributed by atoms with van der Waals surface area (Å²) in [4.78, 5) is 0. The molecule has 4 aliphatic carbocycles. The van der Waals surface area contributed by atoms with Crippen molar-refractivity contribution in [2.45, 2.75) is 65.2 Å². The minimum absolute atomic E-state index is 0.125. The fraction of sp³-hybridized carbons (Fsp3) is 0.789. The van der Waals surface area contributed by atoms with Gasteiger partial charge in [0.15, 0.2) is 0 Å². The van der Waals surface area contributed by atoms with Crippen molar-refractivity contribution in [2.24, 2.45) is 38.9 Å². The largest absolute Gasteiger partial charge is 0.411 e. The molecule has 2 N–H and O–H groups in total. The normalized spacial score (nSPS) is 49.5. The lowest BCUT2D eigenvalue weighted by Gasteiger charge is -2.57. The van der Waals surface area contributed by atoms with Crippen molar-refractivity contribution in [1.29, 1.82) is 0 Å². The average Bonchev–Trinajstić information content (AvgIpc) is 2.90. The third-order valence-electron chi connectivity index (χ3n) is 7.97. The second-order valence-corrected chi connectivity index (χ2v) is 8.64. The quantitative estimate of drug-likeness (QED) is 0.506. The Morgan fingerprint density at radius 2 is 1.70 bits per heavy atom. The van der Waals surface area contributed by atoms with Gasteiger partial charge >= 0.3 is 0 Å². The molecule has 0 aromatic rings. The van der Waals surface area contributed by atoms with E-state index in [1.165, 1.54) is 24.8 Å². The Bertz CT molecular complexity index is 608. The minimum Gasteiger partial charge on any atom is -0.411 e. The summed E-state index contributed by atoms with van der Waals surface area (Å²) in [5.74, 6) is 2.17. The van der Waals surface area contributed by atoms with E-state index in [1.54, 1.807) is 0 Å². The number of nitrogens with zero attached hydrogens (tertiary/aromatic N) is 2.